The van der Waals surface area contributed by atoms with Gasteiger partial charge >= 0.3 is 0 Å². The molecule has 5 rings (SSSR count). The summed E-state index contributed by atoms with van der Waals surface area (Å²) in [5.74, 6) is 0.822. The Bertz CT molecular complexity index is 1310. The standard InChI is InChI=1S/C30H32Cl2N4O3.ClH/c1-35(25-14-20-4-2-3-5-21(20)15-25)30(38)19-36(18-29(37)34-24-12-13-33-17-24)27-16-23(32)8-11-28(27)39-26-9-6-22(31)7-10-26;/h2-11,16,24-25,33H,12-15,17-19H2,1H3,(H,34,37);1H. The number of benzene rings is 3. The van der Waals surface area contributed by atoms with Gasteiger partial charge in [0.25, 0.3) is 0 Å². The lowest BCUT2D eigenvalue weighted by atomic mass is 10.1. The SMILES string of the molecule is CN(C(=O)CN(CC(=O)NC1CCNC1)c1cc(Cl)ccc1Oc1ccc(Cl)cc1)C1Cc2ccccc2C1.Cl. The van der Waals surface area contributed by atoms with Crippen molar-refractivity contribution in [2.75, 3.05) is 38.1 Å². The second kappa shape index (κ2) is 13.6. The predicted octanol–water partition coefficient (Wildman–Crippen LogP) is 5.12. The molecule has 2 N–H and O–H groups in total. The molecule has 3 aromatic carbocycles. The van der Waals surface area contributed by atoms with Gasteiger partial charge in [0.2, 0.25) is 11.8 Å². The van der Waals surface area contributed by atoms with E-state index in [0.29, 0.717) is 27.2 Å². The average Bonchev–Trinajstić information content (AvgIpc) is 3.60. The van der Waals surface area contributed by atoms with Crippen LogP contribution in [-0.2, 0) is 22.4 Å². The molecule has 3 aromatic rings. The Balaban J connectivity index is 0.00000370. The summed E-state index contributed by atoms with van der Waals surface area (Å²) in [4.78, 5) is 30.3. The minimum Gasteiger partial charge on any atom is -0.455 e. The van der Waals surface area contributed by atoms with E-state index in [9.17, 15) is 9.59 Å². The van der Waals surface area contributed by atoms with Gasteiger partial charge in [-0.05, 0) is 79.4 Å². The Morgan fingerprint density at radius 3 is 2.30 bits per heavy atom. The maximum Gasteiger partial charge on any atom is 0.242 e. The van der Waals surface area contributed by atoms with Crippen molar-refractivity contribution in [3.05, 3.63) is 87.9 Å². The summed E-state index contributed by atoms with van der Waals surface area (Å²) in [6.45, 7) is 1.59. The number of hydrogen-bond acceptors (Lipinski definition) is 5. The van der Waals surface area contributed by atoms with Crippen LogP contribution < -0.4 is 20.3 Å². The fourth-order valence-electron chi connectivity index (χ4n) is 5.19. The molecular weight excluding hydrogens is 571 g/mol. The topological polar surface area (TPSA) is 73.9 Å². The van der Waals surface area contributed by atoms with Gasteiger partial charge in [0.05, 0.1) is 18.8 Å². The molecule has 1 aliphatic heterocycles. The van der Waals surface area contributed by atoms with Crippen molar-refractivity contribution in [2.24, 2.45) is 0 Å². The molecule has 0 aromatic heterocycles. The minimum atomic E-state index is -0.162. The van der Waals surface area contributed by atoms with Gasteiger partial charge in [-0.15, -0.1) is 12.4 Å². The summed E-state index contributed by atoms with van der Waals surface area (Å²) >= 11 is 12.5. The first kappa shape index (κ1) is 30.0. The van der Waals surface area contributed by atoms with Crippen LogP contribution in [0, 0.1) is 0 Å². The van der Waals surface area contributed by atoms with Crippen LogP contribution in [0.25, 0.3) is 0 Å². The molecule has 0 bridgehead atoms. The molecule has 2 amide bonds. The largest absolute Gasteiger partial charge is 0.455 e. The number of nitrogens with one attached hydrogen (secondary N) is 2. The number of hydrogen-bond donors (Lipinski definition) is 2. The zero-order chi connectivity index (χ0) is 27.4. The molecule has 0 spiro atoms. The molecule has 1 atom stereocenters. The van der Waals surface area contributed by atoms with E-state index in [0.717, 1.165) is 32.4 Å². The van der Waals surface area contributed by atoms with Gasteiger partial charge < -0.3 is 25.2 Å². The molecule has 7 nitrogen and oxygen atoms in total. The van der Waals surface area contributed by atoms with Gasteiger partial charge in [-0.1, -0.05) is 47.5 Å². The van der Waals surface area contributed by atoms with E-state index in [1.165, 1.54) is 11.1 Å². The second-order valence-electron chi connectivity index (χ2n) is 10.1. The summed E-state index contributed by atoms with van der Waals surface area (Å²) in [6.07, 6.45) is 2.50. The number of anilines is 1. The molecule has 0 saturated carbocycles. The van der Waals surface area contributed by atoms with Gasteiger partial charge in [-0.25, -0.2) is 0 Å². The number of fused-ring (bicyclic) bond motifs is 1. The lowest BCUT2D eigenvalue weighted by molar-refractivity contribution is -0.130. The van der Waals surface area contributed by atoms with Crippen LogP contribution in [0.4, 0.5) is 5.69 Å². The number of likely N-dealkylation sites (N-methyl/N-ethyl adjacent to an activating group) is 1. The highest BCUT2D eigenvalue weighted by Crippen LogP contribution is 2.35. The molecule has 1 fully saturated rings. The van der Waals surface area contributed by atoms with Gasteiger partial charge in [0.1, 0.15) is 5.75 Å². The highest BCUT2D eigenvalue weighted by molar-refractivity contribution is 6.31. The van der Waals surface area contributed by atoms with Crippen LogP contribution >= 0.6 is 35.6 Å². The van der Waals surface area contributed by atoms with Crippen LogP contribution in [0.5, 0.6) is 11.5 Å². The maximum atomic E-state index is 13.6. The zero-order valence-electron chi connectivity index (χ0n) is 22.2. The van der Waals surface area contributed by atoms with E-state index < -0.39 is 0 Å². The predicted molar refractivity (Wildman–Crippen MR) is 162 cm³/mol. The van der Waals surface area contributed by atoms with E-state index in [4.69, 9.17) is 27.9 Å². The number of rotatable bonds is 9. The number of nitrogens with zero attached hydrogens (tertiary/aromatic N) is 2. The molecule has 212 valence electrons. The van der Waals surface area contributed by atoms with Crippen molar-refractivity contribution in [1.82, 2.24) is 15.5 Å². The van der Waals surface area contributed by atoms with Crippen LogP contribution in [-0.4, -0.2) is 62.0 Å². The van der Waals surface area contributed by atoms with Crippen LogP contribution in [0.15, 0.2) is 66.7 Å². The first-order chi connectivity index (χ1) is 18.9. The molecule has 2 aliphatic rings. The number of carbonyl (C=O) groups is 2. The number of amides is 2. The number of ether oxygens (including phenoxy) is 1. The second-order valence-corrected chi connectivity index (χ2v) is 11.0. The summed E-state index contributed by atoms with van der Waals surface area (Å²) in [5.41, 5.74) is 3.11. The van der Waals surface area contributed by atoms with E-state index in [1.54, 1.807) is 52.3 Å². The molecule has 40 heavy (non-hydrogen) atoms. The van der Waals surface area contributed by atoms with E-state index in [1.807, 2.05) is 19.2 Å². The van der Waals surface area contributed by atoms with Gasteiger partial charge in [0, 0.05) is 35.7 Å². The summed E-state index contributed by atoms with van der Waals surface area (Å²) < 4.78 is 6.17. The van der Waals surface area contributed by atoms with Crippen LogP contribution in [0.2, 0.25) is 10.0 Å². The molecule has 1 saturated heterocycles. The van der Waals surface area contributed by atoms with Crippen molar-refractivity contribution in [3.63, 3.8) is 0 Å². The molecule has 0 radical (unpaired) electrons. The first-order valence-corrected chi connectivity index (χ1v) is 13.9. The van der Waals surface area contributed by atoms with E-state index in [-0.39, 0.29) is 49.4 Å². The zero-order valence-corrected chi connectivity index (χ0v) is 24.6. The van der Waals surface area contributed by atoms with Crippen molar-refractivity contribution in [3.8, 4) is 11.5 Å². The summed E-state index contributed by atoms with van der Waals surface area (Å²) in [7, 11) is 1.84. The van der Waals surface area contributed by atoms with Crippen LogP contribution in [0.1, 0.15) is 17.5 Å². The molecule has 1 heterocycles. The Morgan fingerprint density at radius 2 is 1.65 bits per heavy atom. The lowest BCUT2D eigenvalue weighted by Crippen LogP contribution is -2.48. The number of carbonyl (C=O) groups excluding carboxylic acids is 2. The highest BCUT2D eigenvalue weighted by Gasteiger charge is 2.29. The van der Waals surface area contributed by atoms with E-state index >= 15 is 0 Å². The third-order valence-corrected chi connectivity index (χ3v) is 7.85. The number of halogens is 3. The molecule has 1 aliphatic carbocycles. The highest BCUT2D eigenvalue weighted by atomic mass is 35.5. The Labute approximate surface area is 251 Å². The fraction of sp³-hybridized carbons (Fsp3) is 0.333. The summed E-state index contributed by atoms with van der Waals surface area (Å²) in [6, 6.07) is 20.7. The molecular formula is C30H33Cl3N4O3. The monoisotopic (exact) mass is 602 g/mol. The van der Waals surface area contributed by atoms with Gasteiger partial charge in [-0.3, -0.25) is 9.59 Å². The van der Waals surface area contributed by atoms with E-state index in [2.05, 4.69) is 22.8 Å². The third kappa shape index (κ3) is 7.40. The molecule has 10 heteroatoms. The molecule has 1 unspecified atom stereocenters. The van der Waals surface area contributed by atoms with Gasteiger partial charge in [-0.2, -0.15) is 0 Å². The Morgan fingerprint density at radius 1 is 0.975 bits per heavy atom. The normalized spacial score (nSPS) is 16.1. The Hall–Kier alpha value is -2.97. The lowest BCUT2D eigenvalue weighted by Gasteiger charge is -2.31. The average molecular weight is 604 g/mol. The minimum absolute atomic E-state index is 0. The maximum absolute atomic E-state index is 13.6. The quantitative estimate of drug-likeness (QED) is 0.355. The summed E-state index contributed by atoms with van der Waals surface area (Å²) in [5, 5.41) is 7.42. The smallest absolute Gasteiger partial charge is 0.242 e. The van der Waals surface area contributed by atoms with Gasteiger partial charge in [0.15, 0.2) is 5.75 Å². The Kier molecular flexibility index (Phi) is 10.2. The fourth-order valence-corrected chi connectivity index (χ4v) is 5.48. The first-order valence-electron chi connectivity index (χ1n) is 13.2. The van der Waals surface area contributed by atoms with Crippen molar-refractivity contribution in [1.29, 1.82) is 0 Å². The van der Waals surface area contributed by atoms with Crippen molar-refractivity contribution < 1.29 is 14.3 Å². The third-order valence-electron chi connectivity index (χ3n) is 7.36. The van der Waals surface area contributed by atoms with Crippen LogP contribution in [0.3, 0.4) is 0 Å². The van der Waals surface area contributed by atoms with Crippen molar-refractivity contribution in [2.45, 2.75) is 31.3 Å². The van der Waals surface area contributed by atoms with Crippen molar-refractivity contribution >= 4 is 53.1 Å².